The molecule has 1 amide bonds. The highest BCUT2D eigenvalue weighted by Gasteiger charge is 2.34. The van der Waals surface area contributed by atoms with Gasteiger partial charge in [0.15, 0.2) is 0 Å². The Bertz CT molecular complexity index is 405. The van der Waals surface area contributed by atoms with Crippen LogP contribution in [-0.4, -0.2) is 46.1 Å². The smallest absolute Gasteiger partial charge is 0.406 e. The number of nitrogens with zero attached hydrogens (tertiary/aromatic N) is 2. The van der Waals surface area contributed by atoms with E-state index in [2.05, 4.69) is 4.98 Å². The molecule has 1 rings (SSSR count). The Labute approximate surface area is 97.5 Å². The second kappa shape index (κ2) is 5.13. The lowest BCUT2D eigenvalue weighted by Crippen LogP contribution is -2.41. The van der Waals surface area contributed by atoms with Crippen LogP contribution in [0.5, 0.6) is 0 Å². The molecule has 0 spiro atoms. The lowest BCUT2D eigenvalue weighted by molar-refractivity contribution is -0.149. The van der Waals surface area contributed by atoms with Gasteiger partial charge in [-0.3, -0.25) is 14.6 Å². The van der Waals surface area contributed by atoms with E-state index in [9.17, 15) is 22.8 Å². The summed E-state index contributed by atoms with van der Waals surface area (Å²) in [5.74, 6) is -2.50. The molecule has 0 aliphatic rings. The predicted molar refractivity (Wildman–Crippen MR) is 51.7 cm³/mol. The summed E-state index contributed by atoms with van der Waals surface area (Å²) in [7, 11) is 0. The number of rotatable bonds is 4. The van der Waals surface area contributed by atoms with Gasteiger partial charge in [-0.05, 0) is 0 Å². The summed E-state index contributed by atoms with van der Waals surface area (Å²) >= 11 is 0.850. The summed E-state index contributed by atoms with van der Waals surface area (Å²) < 4.78 is 36.5. The number of aliphatic carboxylic acids is 1. The number of carbonyl (C=O) groups excluding carboxylic acids is 1. The zero-order valence-electron chi connectivity index (χ0n) is 8.27. The Morgan fingerprint density at radius 3 is 2.53 bits per heavy atom. The van der Waals surface area contributed by atoms with Crippen LogP contribution in [0.1, 0.15) is 9.67 Å². The van der Waals surface area contributed by atoms with Gasteiger partial charge in [0.1, 0.15) is 18.0 Å². The van der Waals surface area contributed by atoms with E-state index in [1.165, 1.54) is 5.51 Å². The number of carbonyl (C=O) groups is 2. The van der Waals surface area contributed by atoms with E-state index in [4.69, 9.17) is 5.11 Å². The number of aromatic nitrogens is 1. The third kappa shape index (κ3) is 4.39. The maximum absolute atomic E-state index is 12.2. The number of hydrogen-bond donors (Lipinski definition) is 1. The first-order valence-corrected chi connectivity index (χ1v) is 5.14. The van der Waals surface area contributed by atoms with Gasteiger partial charge in [-0.2, -0.15) is 13.2 Å². The van der Waals surface area contributed by atoms with Crippen LogP contribution in [0.4, 0.5) is 13.2 Å². The van der Waals surface area contributed by atoms with Crippen LogP contribution in [0.3, 0.4) is 0 Å². The molecule has 1 N–H and O–H groups in total. The van der Waals surface area contributed by atoms with E-state index in [0.717, 1.165) is 17.5 Å². The fourth-order valence-corrected chi connectivity index (χ4v) is 1.64. The normalized spacial score (nSPS) is 11.2. The summed E-state index contributed by atoms with van der Waals surface area (Å²) in [6.45, 7) is -2.60. The van der Waals surface area contributed by atoms with Crippen LogP contribution in [0.15, 0.2) is 11.7 Å². The highest BCUT2D eigenvalue weighted by molar-refractivity contribution is 7.11. The van der Waals surface area contributed by atoms with Gasteiger partial charge in [0, 0.05) is 0 Å². The lowest BCUT2D eigenvalue weighted by Gasteiger charge is -2.21. The van der Waals surface area contributed by atoms with Gasteiger partial charge < -0.3 is 10.0 Å². The molecule has 1 aromatic rings. The summed E-state index contributed by atoms with van der Waals surface area (Å²) in [6, 6.07) is 0. The Kier molecular flexibility index (Phi) is 4.05. The third-order valence-electron chi connectivity index (χ3n) is 1.63. The lowest BCUT2D eigenvalue weighted by atomic mass is 10.4. The van der Waals surface area contributed by atoms with E-state index < -0.39 is 31.1 Å². The molecule has 17 heavy (non-hydrogen) atoms. The first-order valence-electron chi connectivity index (χ1n) is 4.26. The minimum atomic E-state index is -4.64. The molecule has 0 atom stereocenters. The molecule has 0 radical (unpaired) electrons. The van der Waals surface area contributed by atoms with Crippen molar-refractivity contribution >= 4 is 23.2 Å². The molecule has 1 aromatic heterocycles. The van der Waals surface area contributed by atoms with Crippen molar-refractivity contribution < 1.29 is 27.9 Å². The summed E-state index contributed by atoms with van der Waals surface area (Å²) in [6.07, 6.45) is -3.55. The minimum absolute atomic E-state index is 0.0319. The largest absolute Gasteiger partial charge is 0.480 e. The first-order chi connectivity index (χ1) is 7.79. The quantitative estimate of drug-likeness (QED) is 0.891. The molecular weight excluding hydrogens is 261 g/mol. The Morgan fingerprint density at radius 2 is 2.12 bits per heavy atom. The third-order valence-corrected chi connectivity index (χ3v) is 2.39. The zero-order valence-corrected chi connectivity index (χ0v) is 9.09. The Balaban J connectivity index is 2.83. The molecule has 5 nitrogen and oxygen atoms in total. The standard InChI is InChI=1S/C8H7F3N2O3S/c9-8(10,11)3-13(2-6(14)15)7(16)5-1-12-4-17-5/h1,4H,2-3H2,(H,14,15). The highest BCUT2D eigenvalue weighted by atomic mass is 32.1. The predicted octanol–water partition coefficient (Wildman–Crippen LogP) is 1.23. The van der Waals surface area contributed by atoms with E-state index >= 15 is 0 Å². The van der Waals surface area contributed by atoms with Gasteiger partial charge in [-0.1, -0.05) is 0 Å². The van der Waals surface area contributed by atoms with Gasteiger partial charge in [0.25, 0.3) is 5.91 Å². The van der Waals surface area contributed by atoms with Crippen molar-refractivity contribution in [2.75, 3.05) is 13.1 Å². The second-order valence-corrected chi connectivity index (χ2v) is 3.92. The van der Waals surface area contributed by atoms with Crippen molar-refractivity contribution in [2.24, 2.45) is 0 Å². The van der Waals surface area contributed by atoms with Gasteiger partial charge in [-0.25, -0.2) is 0 Å². The molecule has 0 saturated carbocycles. The molecule has 0 fully saturated rings. The van der Waals surface area contributed by atoms with Crippen LogP contribution >= 0.6 is 11.3 Å². The zero-order chi connectivity index (χ0) is 13.1. The minimum Gasteiger partial charge on any atom is -0.480 e. The fraction of sp³-hybridized carbons (Fsp3) is 0.375. The van der Waals surface area contributed by atoms with E-state index in [1.807, 2.05) is 0 Å². The van der Waals surface area contributed by atoms with Crippen LogP contribution in [0.2, 0.25) is 0 Å². The van der Waals surface area contributed by atoms with Gasteiger partial charge in [0.05, 0.1) is 11.7 Å². The molecule has 0 saturated heterocycles. The molecule has 9 heteroatoms. The van der Waals surface area contributed by atoms with Crippen molar-refractivity contribution in [3.63, 3.8) is 0 Å². The number of carboxylic acid groups (broad SMARTS) is 1. The van der Waals surface area contributed by atoms with Crippen LogP contribution in [0, 0.1) is 0 Å². The fourth-order valence-electron chi connectivity index (χ4n) is 1.06. The molecule has 94 valence electrons. The average molecular weight is 268 g/mol. The molecule has 0 aliphatic carbocycles. The van der Waals surface area contributed by atoms with Crippen molar-refractivity contribution in [3.8, 4) is 0 Å². The number of hydrogen-bond acceptors (Lipinski definition) is 4. The molecule has 0 bridgehead atoms. The first kappa shape index (κ1) is 13.4. The average Bonchev–Trinajstić information content (AvgIpc) is 2.65. The van der Waals surface area contributed by atoms with Crippen molar-refractivity contribution in [3.05, 3.63) is 16.6 Å². The number of thiazole rings is 1. The molecule has 0 unspecified atom stereocenters. The SMILES string of the molecule is O=C(O)CN(CC(F)(F)F)C(=O)c1cncs1. The Hall–Kier alpha value is -1.64. The summed E-state index contributed by atoms with van der Waals surface area (Å²) in [4.78, 5) is 25.7. The monoisotopic (exact) mass is 268 g/mol. The van der Waals surface area contributed by atoms with Crippen molar-refractivity contribution in [2.45, 2.75) is 6.18 Å². The van der Waals surface area contributed by atoms with Gasteiger partial charge in [-0.15, -0.1) is 11.3 Å². The number of alkyl halides is 3. The van der Waals surface area contributed by atoms with Crippen LogP contribution in [0.25, 0.3) is 0 Å². The Morgan fingerprint density at radius 1 is 1.47 bits per heavy atom. The second-order valence-electron chi connectivity index (χ2n) is 3.04. The molecule has 1 heterocycles. The van der Waals surface area contributed by atoms with Gasteiger partial charge in [0.2, 0.25) is 0 Å². The number of carboxylic acids is 1. The maximum Gasteiger partial charge on any atom is 0.406 e. The van der Waals surface area contributed by atoms with E-state index in [0.29, 0.717) is 0 Å². The highest BCUT2D eigenvalue weighted by Crippen LogP contribution is 2.19. The molecular formula is C8H7F3N2O3S. The summed E-state index contributed by atoms with van der Waals surface area (Å²) in [5, 5.41) is 8.45. The van der Waals surface area contributed by atoms with Crippen LogP contribution < -0.4 is 0 Å². The topological polar surface area (TPSA) is 70.5 Å². The van der Waals surface area contributed by atoms with Gasteiger partial charge >= 0.3 is 12.1 Å². The maximum atomic E-state index is 12.2. The van der Waals surface area contributed by atoms with Crippen molar-refractivity contribution in [1.29, 1.82) is 0 Å². The number of amides is 1. The van der Waals surface area contributed by atoms with Crippen molar-refractivity contribution in [1.82, 2.24) is 9.88 Å². The molecule has 0 aliphatic heterocycles. The summed E-state index contributed by atoms with van der Waals surface area (Å²) in [5.41, 5.74) is 1.28. The number of halogens is 3. The van der Waals surface area contributed by atoms with E-state index in [1.54, 1.807) is 0 Å². The van der Waals surface area contributed by atoms with Crippen LogP contribution in [-0.2, 0) is 4.79 Å². The van der Waals surface area contributed by atoms with E-state index in [-0.39, 0.29) is 9.78 Å². The molecule has 0 aromatic carbocycles.